The quantitative estimate of drug-likeness (QED) is 0.485. The molecule has 0 amide bonds. The topological polar surface area (TPSA) is 0 Å². The van der Waals surface area contributed by atoms with Gasteiger partial charge >= 0.3 is 158 Å². The van der Waals surface area contributed by atoms with Gasteiger partial charge in [0.15, 0.2) is 0 Å². The minimum absolute atomic E-state index is 0. The van der Waals surface area contributed by atoms with Gasteiger partial charge in [-0.2, -0.15) is 0 Å². The summed E-state index contributed by atoms with van der Waals surface area (Å²) in [5.41, 5.74) is 4.29. The molecule has 1 fully saturated rings. The molecule has 1 aliphatic heterocycles. The van der Waals surface area contributed by atoms with Crippen LogP contribution < -0.4 is 24.8 Å². The standard InChI is InChI=1S/2C11H8F.C3H8Si.2ClH.Zr/c2*12-11-7-3-6-10(8-11)9-4-1-2-5-9;1-2-4-3-1;;;/h2*1,3-4,6-8H,2H2;1-4H2;2*1H;/q;;;;;+2/p-2. The molecular weight excluding hydrogens is 528 g/mol. The molecule has 2 aliphatic carbocycles. The molecule has 2 aromatic rings. The van der Waals surface area contributed by atoms with Crippen LogP contribution in [0.1, 0.15) is 30.4 Å². The fraction of sp³-hybridized carbons (Fsp3) is 0.200. The molecule has 1 saturated heterocycles. The SMILES string of the molecule is C1C[SiH2]C1.Fc1cccc(C2=[C]([Zr+2][C]3=C(c4cccc(F)c4)C=CC3)CC=C2)c1.[Cl-].[Cl-]. The maximum atomic E-state index is 13.6. The van der Waals surface area contributed by atoms with Gasteiger partial charge in [0, 0.05) is 9.52 Å². The van der Waals surface area contributed by atoms with E-state index < -0.39 is 23.2 Å². The van der Waals surface area contributed by atoms with E-state index in [0.29, 0.717) is 9.52 Å². The summed E-state index contributed by atoms with van der Waals surface area (Å²) in [4.78, 5) is 0. The van der Waals surface area contributed by atoms with Gasteiger partial charge in [-0.25, -0.2) is 0 Å². The van der Waals surface area contributed by atoms with Gasteiger partial charge < -0.3 is 24.8 Å². The van der Waals surface area contributed by atoms with Gasteiger partial charge in [-0.15, -0.1) is 0 Å². The molecule has 0 N–H and O–H groups in total. The molecule has 6 heteroatoms. The van der Waals surface area contributed by atoms with E-state index in [1.165, 1.54) is 29.8 Å². The average Bonchev–Trinajstić information content (AvgIpc) is 3.30. The Hall–Kier alpha value is -1.06. The van der Waals surface area contributed by atoms with E-state index in [1.54, 1.807) is 42.8 Å². The van der Waals surface area contributed by atoms with Gasteiger partial charge in [0.1, 0.15) is 0 Å². The van der Waals surface area contributed by atoms with Crippen molar-refractivity contribution in [2.75, 3.05) is 0 Å². The van der Waals surface area contributed by atoms with Crippen LogP contribution in [0.3, 0.4) is 0 Å². The van der Waals surface area contributed by atoms with Crippen molar-refractivity contribution in [3.05, 3.63) is 102 Å². The zero-order valence-corrected chi connectivity index (χ0v) is 22.6. The smallest absolute Gasteiger partial charge is 1.00 e. The van der Waals surface area contributed by atoms with Crippen molar-refractivity contribution >= 4 is 20.7 Å². The van der Waals surface area contributed by atoms with Crippen molar-refractivity contribution in [3.8, 4) is 0 Å². The number of hydrogen-bond donors (Lipinski definition) is 0. The first-order chi connectivity index (χ1) is 14.2. The summed E-state index contributed by atoms with van der Waals surface area (Å²) in [6.07, 6.45) is 12.1. The zero-order chi connectivity index (χ0) is 20.1. The van der Waals surface area contributed by atoms with Crippen molar-refractivity contribution in [2.45, 2.75) is 31.4 Å². The Balaban J connectivity index is 0.000000514. The first-order valence-corrected chi connectivity index (χ1v) is 14.7. The Kier molecular flexibility index (Phi) is 10.9. The second-order valence-electron chi connectivity index (χ2n) is 7.56. The first-order valence-electron chi connectivity index (χ1n) is 10.3. The van der Waals surface area contributed by atoms with E-state index in [2.05, 4.69) is 24.3 Å². The molecule has 0 radical (unpaired) electrons. The molecule has 0 saturated carbocycles. The Morgan fingerprint density at radius 1 is 0.710 bits per heavy atom. The molecule has 5 rings (SSSR count). The van der Waals surface area contributed by atoms with Crippen molar-refractivity contribution < 1.29 is 56.8 Å². The van der Waals surface area contributed by atoms with Gasteiger partial charge in [-0.1, -0.05) is 18.5 Å². The fourth-order valence-electron chi connectivity index (χ4n) is 3.53. The number of hydrogen-bond acceptors (Lipinski definition) is 0. The number of rotatable bonds is 4. The Bertz CT molecular complexity index is 942. The zero-order valence-electron chi connectivity index (χ0n) is 17.2. The Morgan fingerprint density at radius 3 is 1.48 bits per heavy atom. The minimum Gasteiger partial charge on any atom is -1.00 e. The third-order valence-electron chi connectivity index (χ3n) is 5.44. The molecule has 31 heavy (non-hydrogen) atoms. The van der Waals surface area contributed by atoms with E-state index >= 15 is 0 Å². The number of benzene rings is 2. The van der Waals surface area contributed by atoms with Crippen LogP contribution in [0.4, 0.5) is 8.78 Å². The fourth-order valence-corrected chi connectivity index (χ4v) is 7.79. The molecule has 0 bridgehead atoms. The molecule has 2 aromatic carbocycles. The summed E-state index contributed by atoms with van der Waals surface area (Å²) >= 11 is -0.986. The molecule has 1 heterocycles. The molecular formula is C25H24Cl2F2SiZr. The summed E-state index contributed by atoms with van der Waals surface area (Å²) in [7, 11) is 0.605. The van der Waals surface area contributed by atoms with Crippen molar-refractivity contribution in [2.24, 2.45) is 0 Å². The van der Waals surface area contributed by atoms with Crippen LogP contribution in [0.25, 0.3) is 11.1 Å². The van der Waals surface area contributed by atoms with Crippen LogP contribution in [0.5, 0.6) is 0 Å². The first kappa shape index (κ1) is 26.2. The average molecular weight is 553 g/mol. The molecule has 0 aromatic heterocycles. The number of halogens is 4. The maximum Gasteiger partial charge on any atom is -1.00 e. The van der Waals surface area contributed by atoms with Crippen LogP contribution in [0.15, 0.2) is 79.4 Å². The largest absolute Gasteiger partial charge is 1.00 e. The predicted octanol–water partition coefficient (Wildman–Crippen LogP) is 0.493. The van der Waals surface area contributed by atoms with Gasteiger partial charge in [0.2, 0.25) is 0 Å². The molecule has 0 spiro atoms. The third-order valence-corrected chi connectivity index (χ3v) is 11.2. The van der Waals surface area contributed by atoms with Crippen molar-refractivity contribution in [1.82, 2.24) is 0 Å². The summed E-state index contributed by atoms with van der Waals surface area (Å²) in [5, 5.41) is 0. The van der Waals surface area contributed by atoms with Gasteiger partial charge in [-0.05, 0) is 0 Å². The van der Waals surface area contributed by atoms with E-state index in [4.69, 9.17) is 0 Å². The van der Waals surface area contributed by atoms with Crippen LogP contribution in [-0.2, 0) is 23.2 Å². The summed E-state index contributed by atoms with van der Waals surface area (Å²) in [6.45, 7) is 0. The van der Waals surface area contributed by atoms with E-state index in [1.807, 2.05) is 12.1 Å². The van der Waals surface area contributed by atoms with E-state index in [0.717, 1.165) is 24.0 Å². The Morgan fingerprint density at radius 2 is 1.13 bits per heavy atom. The summed E-state index contributed by atoms with van der Waals surface area (Å²) < 4.78 is 30.1. The third kappa shape index (κ3) is 6.96. The van der Waals surface area contributed by atoms with Crippen LogP contribution in [0, 0.1) is 11.6 Å². The van der Waals surface area contributed by atoms with Gasteiger partial charge in [0.05, 0.1) is 0 Å². The van der Waals surface area contributed by atoms with Crippen LogP contribution in [-0.4, -0.2) is 9.52 Å². The van der Waals surface area contributed by atoms with Gasteiger partial charge in [0.25, 0.3) is 0 Å². The second-order valence-corrected chi connectivity index (χ2v) is 13.3. The number of allylic oxidation sites excluding steroid dienone is 8. The van der Waals surface area contributed by atoms with Crippen molar-refractivity contribution in [3.63, 3.8) is 0 Å². The minimum atomic E-state index is -0.986. The molecule has 0 unspecified atom stereocenters. The second kappa shape index (κ2) is 12.8. The van der Waals surface area contributed by atoms with Crippen LogP contribution >= 0.6 is 0 Å². The molecule has 160 valence electrons. The molecule has 3 aliphatic rings. The summed E-state index contributed by atoms with van der Waals surface area (Å²) in [6, 6.07) is 16.9. The van der Waals surface area contributed by atoms with E-state index in [-0.39, 0.29) is 36.4 Å². The van der Waals surface area contributed by atoms with Gasteiger partial charge in [-0.3, -0.25) is 0 Å². The normalized spacial score (nSPS) is 16.1. The maximum absolute atomic E-state index is 13.6. The Labute approximate surface area is 209 Å². The summed E-state index contributed by atoms with van der Waals surface area (Å²) in [5.74, 6) is -0.394. The molecule has 0 nitrogen and oxygen atoms in total. The predicted molar refractivity (Wildman–Crippen MR) is 117 cm³/mol. The molecule has 0 atom stereocenters. The van der Waals surface area contributed by atoms with Crippen LogP contribution in [0.2, 0.25) is 12.1 Å². The van der Waals surface area contributed by atoms with Crippen molar-refractivity contribution in [1.29, 1.82) is 0 Å². The van der Waals surface area contributed by atoms with E-state index in [9.17, 15) is 8.78 Å². The monoisotopic (exact) mass is 550 g/mol.